The van der Waals surface area contributed by atoms with Gasteiger partial charge in [-0.1, -0.05) is 138 Å². The van der Waals surface area contributed by atoms with Crippen LogP contribution in [0.3, 0.4) is 0 Å². The zero-order valence-electron chi connectivity index (χ0n) is 49.3. The lowest BCUT2D eigenvalue weighted by Gasteiger charge is -2.42. The number of carboxylic acid groups (broad SMARTS) is 1. The van der Waals surface area contributed by atoms with Crippen molar-refractivity contribution in [3.8, 4) is 11.5 Å². The summed E-state index contributed by atoms with van der Waals surface area (Å²) in [5.41, 5.74) is 4.01. The van der Waals surface area contributed by atoms with E-state index >= 15 is 0 Å². The van der Waals surface area contributed by atoms with Gasteiger partial charge in [0.2, 0.25) is 0 Å². The number of carboxylic acids is 1. The Kier molecular flexibility index (Phi) is 28.5. The van der Waals surface area contributed by atoms with Gasteiger partial charge in [0.1, 0.15) is 29.3 Å². The average Bonchev–Trinajstić information content (AvgIpc) is 3.28. The number of carbonyl (C=O) groups excluding carboxylic acids is 4. The summed E-state index contributed by atoms with van der Waals surface area (Å²) in [6.45, 7) is 42.1. The van der Waals surface area contributed by atoms with Crippen LogP contribution in [0.5, 0.6) is 11.5 Å². The highest BCUT2D eigenvalue weighted by Crippen LogP contribution is 2.44. The van der Waals surface area contributed by atoms with Crippen molar-refractivity contribution in [2.45, 2.75) is 214 Å². The molecule has 0 spiro atoms. The van der Waals surface area contributed by atoms with Crippen molar-refractivity contribution < 1.29 is 56.9 Å². The van der Waals surface area contributed by atoms with Crippen LogP contribution in [0, 0.1) is 0 Å². The summed E-state index contributed by atoms with van der Waals surface area (Å²) < 4.78 is 34.1. The quantitative estimate of drug-likeness (QED) is 0.0464. The minimum atomic E-state index is -2.09. The molecule has 3 aromatic rings. The third-order valence-corrected chi connectivity index (χ3v) is 24.9. The molecule has 0 aliphatic rings. The van der Waals surface area contributed by atoms with E-state index in [2.05, 4.69) is 98.5 Å². The van der Waals surface area contributed by atoms with Gasteiger partial charge in [-0.25, -0.2) is 9.59 Å². The summed E-state index contributed by atoms with van der Waals surface area (Å²) in [6.07, 6.45) is -0.388. The van der Waals surface area contributed by atoms with Crippen LogP contribution in [0.4, 0.5) is 9.59 Å². The number of alkyl carbamates (subject to hydrolysis) is 2. The van der Waals surface area contributed by atoms with Crippen LogP contribution >= 0.6 is 0 Å². The van der Waals surface area contributed by atoms with E-state index in [4.69, 9.17) is 23.1 Å². The summed E-state index contributed by atoms with van der Waals surface area (Å²) in [5, 5.41) is 15.1. The number of benzene rings is 3. The molecule has 0 saturated heterocycles. The molecule has 75 heavy (non-hydrogen) atoms. The van der Waals surface area contributed by atoms with Gasteiger partial charge >= 0.3 is 30.1 Å². The lowest BCUT2D eigenvalue weighted by Crippen LogP contribution is -2.50. The van der Waals surface area contributed by atoms with Gasteiger partial charge in [-0.2, -0.15) is 0 Å². The Morgan fingerprint density at radius 1 is 0.520 bits per heavy atom. The molecule has 0 fully saturated rings. The largest absolute Gasteiger partial charge is 0.543 e. The average molecular weight is 1080 g/mol. The van der Waals surface area contributed by atoms with Crippen molar-refractivity contribution in [3.63, 3.8) is 0 Å². The van der Waals surface area contributed by atoms with Gasteiger partial charge in [0, 0.05) is 20.0 Å². The first-order valence-corrected chi connectivity index (χ1v) is 31.1. The van der Waals surface area contributed by atoms with E-state index in [1.165, 1.54) is 6.92 Å². The highest BCUT2D eigenvalue weighted by molar-refractivity contribution is 6.78. The Morgan fingerprint density at radius 3 is 1.16 bits per heavy atom. The fourth-order valence-corrected chi connectivity index (χ4v) is 20.3. The van der Waals surface area contributed by atoms with Crippen LogP contribution in [-0.4, -0.2) is 82.7 Å². The van der Waals surface area contributed by atoms with E-state index in [0.29, 0.717) is 51.8 Å². The number of hydrogen-bond donors (Lipinski definition) is 3. The number of aliphatic carboxylic acids is 1. The number of hydrogen-bond acceptors (Lipinski definition) is 11. The number of nitrogens with one attached hydrogen (secondary N) is 2. The Balaban J connectivity index is 0.000000687. The van der Waals surface area contributed by atoms with Gasteiger partial charge in [-0.05, 0) is 136 Å². The van der Waals surface area contributed by atoms with Crippen molar-refractivity contribution in [2.75, 3.05) is 19.7 Å². The topological polar surface area (TPSA) is 185 Å². The number of esters is 2. The first kappa shape index (κ1) is 67.7. The minimum absolute atomic E-state index is 0.197. The van der Waals surface area contributed by atoms with Gasteiger partial charge in [0.25, 0.3) is 16.6 Å². The Bertz CT molecular complexity index is 2120. The van der Waals surface area contributed by atoms with Crippen molar-refractivity contribution in [2.24, 2.45) is 0 Å². The molecule has 0 heterocycles. The molecule has 0 saturated carbocycles. The lowest BCUT2D eigenvalue weighted by molar-refractivity contribution is -0.147. The van der Waals surface area contributed by atoms with Crippen molar-refractivity contribution >= 4 is 46.7 Å². The SMILES string of the molecule is CC(C)[Si](Oc1ccc(C(CCNC(=O)OC(C)(C)C)C(=O)O)cc1)(C(C)C)C(C)C.CC(C)[Si](Oc1ccc(C(CCNC(=O)OC(C)(C)C)C(=O)OCc2ccccc2)cc1)(C(C)C)C(C)C.CCOC(C)=O. The number of amides is 2. The van der Waals surface area contributed by atoms with E-state index in [9.17, 15) is 29.1 Å². The third kappa shape index (κ3) is 23.2. The fourth-order valence-electron chi connectivity index (χ4n) is 9.80. The Morgan fingerprint density at radius 2 is 0.867 bits per heavy atom. The number of ether oxygens (including phenoxy) is 4. The maximum Gasteiger partial charge on any atom is 0.407 e. The van der Waals surface area contributed by atoms with E-state index in [0.717, 1.165) is 22.6 Å². The molecule has 422 valence electrons. The lowest BCUT2D eigenvalue weighted by atomic mass is 9.95. The summed E-state index contributed by atoms with van der Waals surface area (Å²) >= 11 is 0. The molecule has 0 bridgehead atoms. The summed E-state index contributed by atoms with van der Waals surface area (Å²) in [5.74, 6) is -1.09. The second kappa shape index (κ2) is 31.6. The molecule has 0 aliphatic heterocycles. The fraction of sp³-hybridized carbons (Fsp3) is 0.610. The van der Waals surface area contributed by atoms with E-state index in [-0.39, 0.29) is 38.1 Å². The molecule has 2 unspecified atom stereocenters. The molecule has 0 aromatic heterocycles. The van der Waals surface area contributed by atoms with Crippen LogP contribution in [0.25, 0.3) is 0 Å². The van der Waals surface area contributed by atoms with Gasteiger partial charge in [-0.3, -0.25) is 14.4 Å². The molecule has 16 heteroatoms. The second-order valence-corrected chi connectivity index (χ2v) is 33.6. The standard InChI is InChI=1S/C31H47NO5Si.C24H41NO5Si.C4H8O2/c1-22(2)38(23(3)4,24(5)6)37-27-17-15-26(16-18-27)28(19-20-32-30(34)36-31(7,8)9)29(33)35-21-25-13-11-10-12-14-25;1-16(2)31(17(3)4,18(5)6)30-20-12-10-19(11-13-20)21(22(26)27)14-15-25-23(28)29-24(7,8)9;1-3-6-4(2)5/h10-18,22-24,28H,19-21H2,1-9H3,(H,32,34);10-13,16-18,21H,14-15H2,1-9H3,(H,25,28)(H,26,27);3H2,1-2H3. The van der Waals surface area contributed by atoms with Crippen molar-refractivity contribution in [1.29, 1.82) is 0 Å². The van der Waals surface area contributed by atoms with E-state index < -0.39 is 57.8 Å². The van der Waals surface area contributed by atoms with Crippen LogP contribution in [0.1, 0.15) is 180 Å². The number of rotatable bonds is 23. The van der Waals surface area contributed by atoms with Crippen molar-refractivity contribution in [1.82, 2.24) is 10.6 Å². The Hall–Kier alpha value is -5.36. The van der Waals surface area contributed by atoms with Gasteiger partial charge in [0.15, 0.2) is 0 Å². The van der Waals surface area contributed by atoms with Gasteiger partial charge in [-0.15, -0.1) is 0 Å². The monoisotopic (exact) mass is 1080 g/mol. The summed E-state index contributed by atoms with van der Waals surface area (Å²) in [4.78, 5) is 58.8. The van der Waals surface area contributed by atoms with E-state index in [1.54, 1.807) is 27.7 Å². The molecular weight excluding hydrogens is 985 g/mol. The zero-order valence-corrected chi connectivity index (χ0v) is 51.3. The minimum Gasteiger partial charge on any atom is -0.543 e. The van der Waals surface area contributed by atoms with Crippen LogP contribution in [0.2, 0.25) is 33.2 Å². The van der Waals surface area contributed by atoms with Crippen LogP contribution < -0.4 is 19.5 Å². The molecule has 2 atom stereocenters. The normalized spacial score (nSPS) is 12.7. The molecule has 0 aliphatic carbocycles. The Labute approximate surface area is 453 Å². The highest BCUT2D eigenvalue weighted by Gasteiger charge is 2.48. The first-order chi connectivity index (χ1) is 34.7. The molecule has 3 rings (SSSR count). The van der Waals surface area contributed by atoms with Gasteiger partial charge < -0.3 is 43.5 Å². The van der Waals surface area contributed by atoms with Crippen molar-refractivity contribution in [3.05, 3.63) is 95.6 Å². The molecule has 0 radical (unpaired) electrons. The molecule has 2 amide bonds. The number of carbonyl (C=O) groups is 5. The third-order valence-electron chi connectivity index (χ3n) is 12.9. The maximum absolute atomic E-state index is 13.2. The predicted octanol–water partition coefficient (Wildman–Crippen LogP) is 14.9. The summed E-state index contributed by atoms with van der Waals surface area (Å²) in [7, 11) is -4.16. The van der Waals surface area contributed by atoms with Gasteiger partial charge in [0.05, 0.1) is 18.4 Å². The van der Waals surface area contributed by atoms with Crippen LogP contribution in [0.15, 0.2) is 78.9 Å². The smallest absolute Gasteiger partial charge is 0.407 e. The molecule has 3 N–H and O–H groups in total. The zero-order chi connectivity index (χ0) is 57.5. The molecule has 14 nitrogen and oxygen atoms in total. The second-order valence-electron chi connectivity index (χ2n) is 22.9. The summed E-state index contributed by atoms with van der Waals surface area (Å²) in [6, 6.07) is 24.8. The maximum atomic E-state index is 13.2. The van der Waals surface area contributed by atoms with Crippen LogP contribution in [-0.2, 0) is 39.9 Å². The van der Waals surface area contributed by atoms with E-state index in [1.807, 2.05) is 99.6 Å². The molecular formula is C59H96N2O12Si2. The first-order valence-electron chi connectivity index (χ1n) is 26.8. The predicted molar refractivity (Wildman–Crippen MR) is 306 cm³/mol. The molecule has 3 aromatic carbocycles. The highest BCUT2D eigenvalue weighted by atomic mass is 28.4.